The Morgan fingerprint density at radius 2 is 1.74 bits per heavy atom. The highest BCUT2D eigenvalue weighted by atomic mass is 32.2. The van der Waals surface area contributed by atoms with Crippen molar-refractivity contribution in [2.45, 2.75) is 57.5 Å². The minimum atomic E-state index is 0.581. The standard InChI is InChI=1S/C18H24N4S/c1-11-3-12(2)22-16(19-11)20-21-17(22)23-10-18-7-13-4-14(8-18)6-15(5-13)9-18/h3,13-15H,4-10H2,1-2H3. The highest BCUT2D eigenvalue weighted by molar-refractivity contribution is 7.99. The zero-order valence-electron chi connectivity index (χ0n) is 14.0. The van der Waals surface area contributed by atoms with Crippen molar-refractivity contribution in [1.29, 1.82) is 0 Å². The Kier molecular flexibility index (Phi) is 3.07. The van der Waals surface area contributed by atoms with Gasteiger partial charge in [0.25, 0.3) is 5.78 Å². The van der Waals surface area contributed by atoms with E-state index in [1.165, 1.54) is 50.0 Å². The molecule has 4 nitrogen and oxygen atoms in total. The van der Waals surface area contributed by atoms with Crippen LogP contribution in [0.1, 0.15) is 49.9 Å². The van der Waals surface area contributed by atoms with Gasteiger partial charge in [-0.15, -0.1) is 10.2 Å². The molecule has 4 bridgehead atoms. The first kappa shape index (κ1) is 14.3. The molecule has 5 heteroatoms. The maximum Gasteiger partial charge on any atom is 0.256 e. The normalized spacial score (nSPS) is 35.3. The molecule has 6 rings (SSSR count). The van der Waals surface area contributed by atoms with Crippen molar-refractivity contribution in [2.75, 3.05) is 5.75 Å². The summed E-state index contributed by atoms with van der Waals surface area (Å²) in [4.78, 5) is 4.51. The van der Waals surface area contributed by atoms with Gasteiger partial charge in [0.2, 0.25) is 0 Å². The van der Waals surface area contributed by atoms with Crippen molar-refractivity contribution < 1.29 is 0 Å². The molecule has 0 amide bonds. The van der Waals surface area contributed by atoms with Crippen LogP contribution in [0, 0.1) is 37.0 Å². The molecule has 4 aliphatic rings. The highest BCUT2D eigenvalue weighted by Gasteiger charge is 2.50. The highest BCUT2D eigenvalue weighted by Crippen LogP contribution is 2.61. The van der Waals surface area contributed by atoms with Gasteiger partial charge >= 0.3 is 0 Å². The maximum atomic E-state index is 4.51. The monoisotopic (exact) mass is 328 g/mol. The third-order valence-electron chi connectivity index (χ3n) is 6.34. The third-order valence-corrected chi connectivity index (χ3v) is 7.61. The fraction of sp³-hybridized carbons (Fsp3) is 0.722. The van der Waals surface area contributed by atoms with E-state index in [2.05, 4.69) is 32.6 Å². The summed E-state index contributed by atoms with van der Waals surface area (Å²) in [6, 6.07) is 2.12. The molecule has 4 saturated carbocycles. The van der Waals surface area contributed by atoms with Crippen LogP contribution >= 0.6 is 11.8 Å². The minimum absolute atomic E-state index is 0.581. The van der Waals surface area contributed by atoms with Crippen LogP contribution in [-0.4, -0.2) is 25.3 Å². The molecule has 0 spiro atoms. The van der Waals surface area contributed by atoms with Gasteiger partial charge in [-0.1, -0.05) is 11.8 Å². The Hall–Kier alpha value is -1.10. The Balaban J connectivity index is 1.41. The average Bonchev–Trinajstić information content (AvgIpc) is 2.87. The summed E-state index contributed by atoms with van der Waals surface area (Å²) in [5.74, 6) is 5.01. The van der Waals surface area contributed by atoms with Gasteiger partial charge in [0, 0.05) is 17.1 Å². The van der Waals surface area contributed by atoms with Gasteiger partial charge in [-0.05, 0) is 81.6 Å². The predicted octanol–water partition coefficient (Wildman–Crippen LogP) is 4.05. The van der Waals surface area contributed by atoms with Crippen molar-refractivity contribution in [3.05, 3.63) is 17.5 Å². The van der Waals surface area contributed by atoms with E-state index in [9.17, 15) is 0 Å². The fourth-order valence-corrected chi connectivity index (χ4v) is 7.22. The lowest BCUT2D eigenvalue weighted by Gasteiger charge is -2.56. The number of nitrogens with zero attached hydrogens (tertiary/aromatic N) is 4. The molecule has 0 unspecified atom stereocenters. The number of hydrogen-bond acceptors (Lipinski definition) is 4. The molecule has 2 aromatic rings. The Morgan fingerprint density at radius 3 is 2.39 bits per heavy atom. The first-order valence-electron chi connectivity index (χ1n) is 8.92. The first-order chi connectivity index (χ1) is 11.1. The lowest BCUT2D eigenvalue weighted by Crippen LogP contribution is -2.47. The van der Waals surface area contributed by atoms with Crippen molar-refractivity contribution in [3.8, 4) is 0 Å². The van der Waals surface area contributed by atoms with Crippen molar-refractivity contribution >= 4 is 17.5 Å². The number of hydrogen-bond donors (Lipinski definition) is 0. The smallest absolute Gasteiger partial charge is 0.256 e. The van der Waals surface area contributed by atoms with E-state index in [0.29, 0.717) is 5.41 Å². The molecule has 122 valence electrons. The van der Waals surface area contributed by atoms with Crippen molar-refractivity contribution in [1.82, 2.24) is 19.6 Å². The maximum absolute atomic E-state index is 4.51. The van der Waals surface area contributed by atoms with Gasteiger partial charge in [-0.2, -0.15) is 0 Å². The number of aryl methyl sites for hydroxylation is 2. The summed E-state index contributed by atoms with van der Waals surface area (Å²) in [5, 5.41) is 9.74. The van der Waals surface area contributed by atoms with Gasteiger partial charge in [0.1, 0.15) is 0 Å². The van der Waals surface area contributed by atoms with E-state index in [4.69, 9.17) is 0 Å². The minimum Gasteiger partial charge on any atom is -0.259 e. The Labute approximate surface area is 141 Å². The number of rotatable bonds is 3. The molecule has 2 heterocycles. The van der Waals surface area contributed by atoms with E-state index < -0.39 is 0 Å². The molecular weight excluding hydrogens is 304 g/mol. The van der Waals surface area contributed by atoms with Crippen LogP contribution in [0.3, 0.4) is 0 Å². The summed E-state index contributed by atoms with van der Waals surface area (Å²) in [7, 11) is 0. The number of fused-ring (bicyclic) bond motifs is 1. The molecule has 0 atom stereocenters. The largest absolute Gasteiger partial charge is 0.259 e. The molecule has 0 saturated heterocycles. The summed E-state index contributed by atoms with van der Waals surface area (Å²) >= 11 is 1.91. The zero-order chi connectivity index (χ0) is 15.6. The fourth-order valence-electron chi connectivity index (χ4n) is 5.98. The van der Waals surface area contributed by atoms with Gasteiger partial charge in [-0.3, -0.25) is 4.40 Å². The topological polar surface area (TPSA) is 43.1 Å². The molecule has 23 heavy (non-hydrogen) atoms. The van der Waals surface area contributed by atoms with Crippen LogP contribution in [0.25, 0.3) is 5.78 Å². The lowest BCUT2D eigenvalue weighted by molar-refractivity contribution is -0.0381. The van der Waals surface area contributed by atoms with E-state index in [-0.39, 0.29) is 0 Å². The summed E-state index contributed by atoms with van der Waals surface area (Å²) < 4.78 is 2.12. The summed E-state index contributed by atoms with van der Waals surface area (Å²) in [6.07, 6.45) is 8.91. The van der Waals surface area contributed by atoms with Crippen LogP contribution in [0.5, 0.6) is 0 Å². The van der Waals surface area contributed by atoms with E-state index in [0.717, 1.165) is 34.4 Å². The van der Waals surface area contributed by atoms with Crippen molar-refractivity contribution in [3.63, 3.8) is 0 Å². The van der Waals surface area contributed by atoms with Crippen LogP contribution in [0.15, 0.2) is 11.2 Å². The lowest BCUT2D eigenvalue weighted by atomic mass is 9.50. The molecule has 0 N–H and O–H groups in total. The molecule has 0 aromatic carbocycles. The number of thioether (sulfide) groups is 1. The quantitative estimate of drug-likeness (QED) is 0.797. The van der Waals surface area contributed by atoms with Gasteiger partial charge in [0.15, 0.2) is 5.16 Å². The van der Waals surface area contributed by atoms with Gasteiger partial charge in [-0.25, -0.2) is 4.98 Å². The SMILES string of the molecule is Cc1cc(C)n2c(SCC34CC5CC(CC(C5)C3)C4)nnc2n1. The third kappa shape index (κ3) is 2.31. The van der Waals surface area contributed by atoms with Crippen molar-refractivity contribution in [2.24, 2.45) is 23.2 Å². The zero-order valence-corrected chi connectivity index (χ0v) is 14.8. The average molecular weight is 328 g/mol. The molecule has 0 radical (unpaired) electrons. The van der Waals surface area contributed by atoms with Crippen LogP contribution in [0.2, 0.25) is 0 Å². The van der Waals surface area contributed by atoms with Gasteiger partial charge < -0.3 is 0 Å². The predicted molar refractivity (Wildman–Crippen MR) is 91.6 cm³/mol. The van der Waals surface area contributed by atoms with Crippen LogP contribution in [-0.2, 0) is 0 Å². The molecule has 4 aliphatic carbocycles. The number of aromatic nitrogens is 4. The molecule has 4 fully saturated rings. The molecular formula is C18H24N4S. The van der Waals surface area contributed by atoms with E-state index in [1.807, 2.05) is 18.7 Å². The molecule has 2 aromatic heterocycles. The summed E-state index contributed by atoms with van der Waals surface area (Å²) in [5.41, 5.74) is 2.78. The molecule has 0 aliphatic heterocycles. The second kappa shape index (κ2) is 4.95. The van der Waals surface area contributed by atoms with Crippen LogP contribution < -0.4 is 0 Å². The first-order valence-corrected chi connectivity index (χ1v) is 9.91. The van der Waals surface area contributed by atoms with E-state index >= 15 is 0 Å². The second-order valence-corrected chi connectivity index (χ2v) is 9.31. The van der Waals surface area contributed by atoms with Gasteiger partial charge in [0.05, 0.1) is 0 Å². The Morgan fingerprint density at radius 1 is 1.09 bits per heavy atom. The van der Waals surface area contributed by atoms with Crippen LogP contribution in [0.4, 0.5) is 0 Å². The second-order valence-electron chi connectivity index (χ2n) is 8.36. The van der Waals surface area contributed by atoms with E-state index in [1.54, 1.807) is 0 Å². The Bertz CT molecular complexity index is 730. The summed E-state index contributed by atoms with van der Waals surface area (Å²) in [6.45, 7) is 4.14.